The number of aromatic nitrogens is 1. The van der Waals surface area contributed by atoms with Crippen molar-refractivity contribution in [1.29, 1.82) is 0 Å². The predicted octanol–water partition coefficient (Wildman–Crippen LogP) is 1.77. The highest BCUT2D eigenvalue weighted by atomic mass is 32.1. The zero-order chi connectivity index (χ0) is 12.1. The van der Waals surface area contributed by atoms with E-state index in [4.69, 9.17) is 9.63 Å². The number of nitrogens with zero attached hydrogens (tertiary/aromatic N) is 1. The van der Waals surface area contributed by atoms with Gasteiger partial charge in [-0.25, -0.2) is 4.79 Å². The maximum atomic E-state index is 10.6. The van der Waals surface area contributed by atoms with Crippen LogP contribution in [0.25, 0.3) is 0 Å². The normalized spacial score (nSPS) is 10.6. The summed E-state index contributed by atoms with van der Waals surface area (Å²) < 4.78 is 4.87. The number of hydrogen-bond acceptors (Lipinski definition) is 5. The van der Waals surface area contributed by atoms with E-state index in [-0.39, 0.29) is 5.69 Å². The van der Waals surface area contributed by atoms with Gasteiger partial charge < -0.3 is 14.9 Å². The fraction of sp³-hybridized carbons (Fsp3) is 0.273. The molecule has 0 radical (unpaired) electrons. The van der Waals surface area contributed by atoms with E-state index >= 15 is 0 Å². The van der Waals surface area contributed by atoms with Crippen molar-refractivity contribution in [1.82, 2.24) is 10.5 Å². The number of carbonyl (C=O) groups is 1. The van der Waals surface area contributed by atoms with Crippen molar-refractivity contribution in [2.45, 2.75) is 13.0 Å². The molecule has 0 amide bonds. The van der Waals surface area contributed by atoms with Gasteiger partial charge in [-0.15, -0.1) is 0 Å². The molecule has 2 aromatic rings. The Kier molecular flexibility index (Phi) is 3.89. The van der Waals surface area contributed by atoms with E-state index in [2.05, 4.69) is 21.9 Å². The molecule has 0 bridgehead atoms. The molecule has 2 rings (SSSR count). The lowest BCUT2D eigenvalue weighted by atomic mass is 10.2. The fourth-order valence-corrected chi connectivity index (χ4v) is 2.08. The largest absolute Gasteiger partial charge is 0.476 e. The number of thiophene rings is 1. The van der Waals surface area contributed by atoms with Crippen molar-refractivity contribution in [2.24, 2.45) is 0 Å². The number of nitrogens with one attached hydrogen (secondary N) is 1. The van der Waals surface area contributed by atoms with Crippen molar-refractivity contribution in [3.63, 3.8) is 0 Å². The van der Waals surface area contributed by atoms with Crippen LogP contribution in [0.4, 0.5) is 0 Å². The van der Waals surface area contributed by atoms with E-state index < -0.39 is 5.97 Å². The van der Waals surface area contributed by atoms with Gasteiger partial charge in [0.25, 0.3) is 0 Å². The van der Waals surface area contributed by atoms with Gasteiger partial charge in [0.15, 0.2) is 11.5 Å². The molecule has 5 nitrogen and oxygen atoms in total. The van der Waals surface area contributed by atoms with Crippen LogP contribution in [-0.4, -0.2) is 22.8 Å². The van der Waals surface area contributed by atoms with Crippen molar-refractivity contribution in [2.75, 3.05) is 6.54 Å². The second-order valence-electron chi connectivity index (χ2n) is 3.54. The van der Waals surface area contributed by atoms with Crippen molar-refractivity contribution < 1.29 is 14.4 Å². The third kappa shape index (κ3) is 3.40. The molecule has 90 valence electrons. The van der Waals surface area contributed by atoms with Crippen molar-refractivity contribution in [3.8, 4) is 0 Å². The first-order valence-corrected chi connectivity index (χ1v) is 6.10. The van der Waals surface area contributed by atoms with Gasteiger partial charge in [0.05, 0.1) is 6.54 Å². The molecule has 0 spiro atoms. The molecule has 2 aromatic heterocycles. The molecule has 0 unspecified atom stereocenters. The fourth-order valence-electron chi connectivity index (χ4n) is 1.38. The number of hydrogen-bond donors (Lipinski definition) is 2. The lowest BCUT2D eigenvalue weighted by molar-refractivity contribution is 0.0685. The lowest BCUT2D eigenvalue weighted by Crippen LogP contribution is -2.16. The smallest absolute Gasteiger partial charge is 0.358 e. The molecule has 0 saturated heterocycles. The summed E-state index contributed by atoms with van der Waals surface area (Å²) >= 11 is 1.68. The van der Waals surface area contributed by atoms with Crippen LogP contribution in [0.2, 0.25) is 0 Å². The zero-order valence-corrected chi connectivity index (χ0v) is 9.87. The molecular weight excluding hydrogens is 240 g/mol. The maximum absolute atomic E-state index is 10.6. The van der Waals surface area contributed by atoms with Gasteiger partial charge in [-0.1, -0.05) is 5.16 Å². The molecule has 6 heteroatoms. The average molecular weight is 252 g/mol. The van der Waals surface area contributed by atoms with E-state index in [9.17, 15) is 4.79 Å². The lowest BCUT2D eigenvalue weighted by Gasteiger charge is -1.99. The van der Waals surface area contributed by atoms with E-state index in [1.807, 2.05) is 5.38 Å². The van der Waals surface area contributed by atoms with Crippen LogP contribution in [0.3, 0.4) is 0 Å². The van der Waals surface area contributed by atoms with Crippen LogP contribution in [-0.2, 0) is 13.0 Å². The van der Waals surface area contributed by atoms with Gasteiger partial charge in [0.2, 0.25) is 0 Å². The summed E-state index contributed by atoms with van der Waals surface area (Å²) in [6, 6.07) is 3.52. The van der Waals surface area contributed by atoms with E-state index in [1.54, 1.807) is 11.3 Å². The summed E-state index contributed by atoms with van der Waals surface area (Å²) in [7, 11) is 0. The third-order valence-corrected chi connectivity index (χ3v) is 2.98. The maximum Gasteiger partial charge on any atom is 0.358 e. The Labute approximate surface area is 102 Å². The van der Waals surface area contributed by atoms with Gasteiger partial charge in [0, 0.05) is 6.07 Å². The first kappa shape index (κ1) is 11.8. The Balaban J connectivity index is 1.72. The summed E-state index contributed by atoms with van der Waals surface area (Å²) in [5, 5.41) is 19.4. The molecule has 2 heterocycles. The summed E-state index contributed by atoms with van der Waals surface area (Å²) in [4.78, 5) is 10.6. The third-order valence-electron chi connectivity index (χ3n) is 2.25. The molecule has 2 N–H and O–H groups in total. The van der Waals surface area contributed by atoms with E-state index in [0.717, 1.165) is 13.0 Å². The molecule has 17 heavy (non-hydrogen) atoms. The standard InChI is InChI=1S/C11H12N2O3S/c14-11(15)10-5-9(16-13-10)6-12-3-1-8-2-4-17-7-8/h2,4-5,7,12H,1,3,6H2,(H,14,15). The highest BCUT2D eigenvalue weighted by Crippen LogP contribution is 2.06. The van der Waals surface area contributed by atoms with Gasteiger partial charge >= 0.3 is 5.97 Å². The summed E-state index contributed by atoms with van der Waals surface area (Å²) in [5.41, 5.74) is 1.24. The quantitative estimate of drug-likeness (QED) is 0.766. The van der Waals surface area contributed by atoms with Crippen molar-refractivity contribution >= 4 is 17.3 Å². The molecular formula is C11H12N2O3S. The molecule has 0 atom stereocenters. The number of aromatic carboxylic acids is 1. The molecule has 0 fully saturated rings. The minimum Gasteiger partial charge on any atom is -0.476 e. The monoisotopic (exact) mass is 252 g/mol. The highest BCUT2D eigenvalue weighted by molar-refractivity contribution is 7.07. The topological polar surface area (TPSA) is 75.4 Å². The second-order valence-corrected chi connectivity index (χ2v) is 4.32. The van der Waals surface area contributed by atoms with Gasteiger partial charge in [-0.05, 0) is 35.4 Å². The van der Waals surface area contributed by atoms with Crippen LogP contribution in [0.5, 0.6) is 0 Å². The zero-order valence-electron chi connectivity index (χ0n) is 9.05. The van der Waals surface area contributed by atoms with Crippen LogP contribution >= 0.6 is 11.3 Å². The second kappa shape index (κ2) is 5.60. The summed E-state index contributed by atoms with van der Waals surface area (Å²) in [6.45, 7) is 1.31. The molecule has 0 aliphatic heterocycles. The minimum atomic E-state index is -1.07. The van der Waals surface area contributed by atoms with Gasteiger partial charge in [-0.3, -0.25) is 0 Å². The SMILES string of the molecule is O=C(O)c1cc(CNCCc2ccsc2)on1. The van der Waals surface area contributed by atoms with Gasteiger partial charge in [-0.2, -0.15) is 11.3 Å². The van der Waals surface area contributed by atoms with Crippen molar-refractivity contribution in [3.05, 3.63) is 39.9 Å². The predicted molar refractivity (Wildman–Crippen MR) is 63.2 cm³/mol. The Morgan fingerprint density at radius 1 is 1.59 bits per heavy atom. The Bertz CT molecular complexity index is 479. The van der Waals surface area contributed by atoms with E-state index in [1.165, 1.54) is 11.6 Å². The number of carboxylic acid groups (broad SMARTS) is 1. The molecule has 0 saturated carbocycles. The number of rotatable bonds is 6. The van der Waals surface area contributed by atoms with E-state index in [0.29, 0.717) is 12.3 Å². The van der Waals surface area contributed by atoms with Crippen LogP contribution in [0.15, 0.2) is 27.4 Å². The summed E-state index contributed by atoms with van der Waals surface area (Å²) in [6.07, 6.45) is 0.948. The molecule has 0 aliphatic carbocycles. The average Bonchev–Trinajstić information content (AvgIpc) is 2.96. The molecule has 0 aromatic carbocycles. The molecule has 0 aliphatic rings. The number of carboxylic acids is 1. The first-order valence-electron chi connectivity index (χ1n) is 5.16. The summed E-state index contributed by atoms with van der Waals surface area (Å²) in [5.74, 6) is -0.536. The van der Waals surface area contributed by atoms with Crippen LogP contribution < -0.4 is 5.32 Å². The van der Waals surface area contributed by atoms with Gasteiger partial charge in [0.1, 0.15) is 0 Å². The Hall–Kier alpha value is -1.66. The Morgan fingerprint density at radius 3 is 3.12 bits per heavy atom. The first-order chi connectivity index (χ1) is 8.25. The van der Waals surface area contributed by atoms with Crippen LogP contribution in [0.1, 0.15) is 21.8 Å². The van der Waals surface area contributed by atoms with Crippen LogP contribution in [0, 0.1) is 0 Å². The highest BCUT2D eigenvalue weighted by Gasteiger charge is 2.09. The Morgan fingerprint density at radius 2 is 2.47 bits per heavy atom. The minimum absolute atomic E-state index is 0.0559.